The molecule has 0 unspecified atom stereocenters. The summed E-state index contributed by atoms with van der Waals surface area (Å²) in [4.78, 5) is 15.9. The molecule has 2 heterocycles. The van der Waals surface area contributed by atoms with Crippen molar-refractivity contribution in [2.24, 2.45) is 0 Å². The number of rotatable bonds is 1. The van der Waals surface area contributed by atoms with E-state index in [2.05, 4.69) is 42.5 Å². The number of H-pyrrole nitrogens is 1. The van der Waals surface area contributed by atoms with Crippen LogP contribution in [0.2, 0.25) is 0 Å². The minimum Gasteiger partial charge on any atom is -0.334 e. The van der Waals surface area contributed by atoms with Gasteiger partial charge in [0.05, 0.1) is 0 Å². The summed E-state index contributed by atoms with van der Waals surface area (Å²) in [6.07, 6.45) is 1.53. The molecule has 1 N–H and O–H groups in total. The van der Waals surface area contributed by atoms with E-state index in [9.17, 15) is 0 Å². The molecule has 0 fully saturated rings. The van der Waals surface area contributed by atoms with Gasteiger partial charge in [0.15, 0.2) is 5.65 Å². The molecule has 0 atom stereocenters. The summed E-state index contributed by atoms with van der Waals surface area (Å²) >= 11 is 2.17. The first kappa shape index (κ1) is 9.71. The minimum absolute atomic E-state index is 0.707. The lowest BCUT2D eigenvalue weighted by Gasteiger charge is -1.93. The first-order valence-corrected chi connectivity index (χ1v) is 5.84. The third-order valence-corrected chi connectivity index (χ3v) is 3.11. The van der Waals surface area contributed by atoms with Crippen molar-refractivity contribution in [2.75, 3.05) is 0 Å². The van der Waals surface area contributed by atoms with Crippen molar-refractivity contribution in [3.8, 4) is 11.4 Å². The van der Waals surface area contributed by atoms with Gasteiger partial charge in [-0.25, -0.2) is 15.0 Å². The molecule has 0 bridgehead atoms. The van der Waals surface area contributed by atoms with Crippen molar-refractivity contribution in [3.63, 3.8) is 0 Å². The van der Waals surface area contributed by atoms with Crippen molar-refractivity contribution in [3.05, 3.63) is 40.4 Å². The predicted molar refractivity (Wildman–Crippen MR) is 69.8 cm³/mol. The standard InChI is InChI=1S/C11H7IN4/c12-9-8-11(14-6-13-9)16-10(15-8)7-4-2-1-3-5-7/h1-6H,(H,13,14,15,16). The molecular formula is C11H7IN4. The zero-order valence-corrected chi connectivity index (χ0v) is 10.3. The highest BCUT2D eigenvalue weighted by Gasteiger charge is 2.08. The number of nitrogens with zero attached hydrogens (tertiary/aromatic N) is 3. The lowest BCUT2D eigenvalue weighted by Crippen LogP contribution is -1.84. The van der Waals surface area contributed by atoms with Crippen LogP contribution >= 0.6 is 22.6 Å². The fraction of sp³-hybridized carbons (Fsp3) is 0. The van der Waals surface area contributed by atoms with Crippen LogP contribution in [0.1, 0.15) is 0 Å². The molecule has 0 amide bonds. The van der Waals surface area contributed by atoms with Crippen LogP contribution in [0, 0.1) is 3.70 Å². The van der Waals surface area contributed by atoms with Crippen molar-refractivity contribution in [1.29, 1.82) is 0 Å². The summed E-state index contributed by atoms with van der Waals surface area (Å²) < 4.78 is 0.886. The number of halogens is 1. The second-order valence-corrected chi connectivity index (χ2v) is 4.34. The van der Waals surface area contributed by atoms with E-state index in [1.54, 1.807) is 0 Å². The Morgan fingerprint density at radius 1 is 1.06 bits per heavy atom. The molecule has 3 aromatic rings. The Kier molecular flexibility index (Phi) is 2.32. The second-order valence-electron chi connectivity index (χ2n) is 3.31. The molecule has 2 aromatic heterocycles. The van der Waals surface area contributed by atoms with Gasteiger partial charge in [-0.1, -0.05) is 30.3 Å². The van der Waals surface area contributed by atoms with Crippen LogP contribution in [0.15, 0.2) is 36.7 Å². The highest BCUT2D eigenvalue weighted by atomic mass is 127. The topological polar surface area (TPSA) is 54.5 Å². The molecule has 16 heavy (non-hydrogen) atoms. The van der Waals surface area contributed by atoms with E-state index < -0.39 is 0 Å². The quantitative estimate of drug-likeness (QED) is 0.553. The maximum absolute atomic E-state index is 4.43. The molecule has 0 saturated carbocycles. The lowest BCUT2D eigenvalue weighted by molar-refractivity contribution is 1.17. The highest BCUT2D eigenvalue weighted by molar-refractivity contribution is 14.1. The number of aromatic nitrogens is 4. The summed E-state index contributed by atoms with van der Waals surface area (Å²) in [5, 5.41) is 0. The lowest BCUT2D eigenvalue weighted by atomic mass is 10.2. The largest absolute Gasteiger partial charge is 0.334 e. The number of nitrogens with one attached hydrogen (secondary N) is 1. The van der Waals surface area contributed by atoms with E-state index in [0.717, 1.165) is 20.6 Å². The number of fused-ring (bicyclic) bond motifs is 1. The first-order valence-electron chi connectivity index (χ1n) is 4.76. The van der Waals surface area contributed by atoms with E-state index >= 15 is 0 Å². The van der Waals surface area contributed by atoms with Gasteiger partial charge in [-0.05, 0) is 22.6 Å². The molecule has 0 aliphatic carbocycles. The normalized spacial score (nSPS) is 10.8. The summed E-state index contributed by atoms with van der Waals surface area (Å²) in [7, 11) is 0. The van der Waals surface area contributed by atoms with Gasteiger partial charge in [0, 0.05) is 5.56 Å². The minimum atomic E-state index is 0.707. The molecule has 0 saturated heterocycles. The van der Waals surface area contributed by atoms with Crippen LogP contribution in [-0.4, -0.2) is 19.9 Å². The van der Waals surface area contributed by atoms with Gasteiger partial charge in [-0.2, -0.15) is 0 Å². The molecule has 0 radical (unpaired) electrons. The van der Waals surface area contributed by atoms with Gasteiger partial charge in [0.2, 0.25) is 0 Å². The van der Waals surface area contributed by atoms with E-state index in [-0.39, 0.29) is 0 Å². The molecule has 4 nitrogen and oxygen atoms in total. The molecule has 0 aliphatic rings. The van der Waals surface area contributed by atoms with Crippen LogP contribution in [0.5, 0.6) is 0 Å². The number of benzene rings is 1. The Bertz CT molecular complexity index is 633. The summed E-state index contributed by atoms with van der Waals surface area (Å²) in [6, 6.07) is 9.98. The van der Waals surface area contributed by atoms with Crippen LogP contribution in [0.4, 0.5) is 0 Å². The Morgan fingerprint density at radius 2 is 1.88 bits per heavy atom. The summed E-state index contributed by atoms with van der Waals surface area (Å²) in [6.45, 7) is 0. The Labute approximate surface area is 105 Å². The van der Waals surface area contributed by atoms with E-state index in [1.165, 1.54) is 6.33 Å². The fourth-order valence-electron chi connectivity index (χ4n) is 1.53. The highest BCUT2D eigenvalue weighted by Crippen LogP contribution is 2.20. The van der Waals surface area contributed by atoms with Gasteiger partial charge >= 0.3 is 0 Å². The molecule has 3 rings (SSSR count). The van der Waals surface area contributed by atoms with E-state index in [4.69, 9.17) is 0 Å². The van der Waals surface area contributed by atoms with Crippen LogP contribution in [0.3, 0.4) is 0 Å². The van der Waals surface area contributed by atoms with Gasteiger partial charge in [-0.3, -0.25) is 0 Å². The smallest absolute Gasteiger partial charge is 0.182 e. The zero-order valence-electron chi connectivity index (χ0n) is 8.18. The van der Waals surface area contributed by atoms with Gasteiger partial charge in [0.25, 0.3) is 0 Å². The number of hydrogen-bond acceptors (Lipinski definition) is 3. The fourth-order valence-corrected chi connectivity index (χ4v) is 2.03. The molecule has 78 valence electrons. The van der Waals surface area contributed by atoms with Crippen molar-refractivity contribution in [1.82, 2.24) is 19.9 Å². The maximum atomic E-state index is 4.43. The predicted octanol–water partition coefficient (Wildman–Crippen LogP) is 2.62. The molecule has 5 heteroatoms. The molecule has 0 aliphatic heterocycles. The van der Waals surface area contributed by atoms with E-state index in [0.29, 0.717) is 5.65 Å². The van der Waals surface area contributed by atoms with Crippen molar-refractivity contribution >= 4 is 33.8 Å². The Morgan fingerprint density at radius 3 is 2.62 bits per heavy atom. The number of imidazole rings is 1. The second kappa shape index (κ2) is 3.82. The number of aromatic amines is 1. The van der Waals surface area contributed by atoms with Crippen LogP contribution < -0.4 is 0 Å². The van der Waals surface area contributed by atoms with Crippen molar-refractivity contribution in [2.45, 2.75) is 0 Å². The first-order chi connectivity index (χ1) is 7.84. The molecule has 1 aromatic carbocycles. The van der Waals surface area contributed by atoms with Gasteiger partial charge < -0.3 is 4.98 Å². The monoisotopic (exact) mass is 322 g/mol. The third-order valence-electron chi connectivity index (χ3n) is 2.29. The van der Waals surface area contributed by atoms with Crippen LogP contribution in [0.25, 0.3) is 22.6 Å². The van der Waals surface area contributed by atoms with Crippen LogP contribution in [-0.2, 0) is 0 Å². The van der Waals surface area contributed by atoms with Gasteiger partial charge in [0.1, 0.15) is 21.4 Å². The Balaban J connectivity index is 2.23. The number of hydrogen-bond donors (Lipinski definition) is 1. The summed E-state index contributed by atoms with van der Waals surface area (Å²) in [5.74, 6) is 0.828. The SMILES string of the molecule is Ic1ncnc2nc(-c3ccccc3)[nH]c12. The van der Waals surface area contributed by atoms with Gasteiger partial charge in [-0.15, -0.1) is 0 Å². The average molecular weight is 322 g/mol. The molecular weight excluding hydrogens is 315 g/mol. The Hall–Kier alpha value is -1.50. The van der Waals surface area contributed by atoms with Crippen molar-refractivity contribution < 1.29 is 0 Å². The average Bonchev–Trinajstić information content (AvgIpc) is 2.76. The van der Waals surface area contributed by atoms with E-state index in [1.807, 2.05) is 30.3 Å². The zero-order chi connectivity index (χ0) is 11.0. The summed E-state index contributed by atoms with van der Waals surface area (Å²) in [5.41, 5.74) is 2.65. The molecule has 0 spiro atoms. The third kappa shape index (κ3) is 1.57. The maximum Gasteiger partial charge on any atom is 0.182 e.